The molecule has 1 aromatic carbocycles. The molecule has 3 nitrogen and oxygen atoms in total. The smallest absolute Gasteiger partial charge is 0.123 e. The molecule has 1 aromatic rings. The minimum atomic E-state index is -0.0299. The second-order valence-corrected chi connectivity index (χ2v) is 5.05. The molecule has 1 fully saturated rings. The molecule has 0 spiro atoms. The Kier molecular flexibility index (Phi) is 3.69. The summed E-state index contributed by atoms with van der Waals surface area (Å²) >= 11 is 0. The van der Waals surface area contributed by atoms with Gasteiger partial charge in [0.1, 0.15) is 5.75 Å². The summed E-state index contributed by atoms with van der Waals surface area (Å²) < 4.78 is 5.48. The predicted molar refractivity (Wildman–Crippen MR) is 70.5 cm³/mol. The van der Waals surface area contributed by atoms with Crippen molar-refractivity contribution in [1.82, 2.24) is 10.2 Å². The highest BCUT2D eigenvalue weighted by atomic mass is 16.5. The molecule has 0 aliphatic carbocycles. The zero-order valence-corrected chi connectivity index (χ0v) is 11.0. The molecule has 1 aliphatic heterocycles. The lowest BCUT2D eigenvalue weighted by Crippen LogP contribution is -2.45. The van der Waals surface area contributed by atoms with E-state index < -0.39 is 0 Å². The minimum Gasteiger partial charge on any atom is -0.496 e. The van der Waals surface area contributed by atoms with Crippen molar-refractivity contribution in [2.45, 2.75) is 18.9 Å². The largest absolute Gasteiger partial charge is 0.496 e. The van der Waals surface area contributed by atoms with Gasteiger partial charge in [0, 0.05) is 12.1 Å². The highest BCUT2D eigenvalue weighted by Gasteiger charge is 2.31. The van der Waals surface area contributed by atoms with Crippen LogP contribution < -0.4 is 10.1 Å². The molecule has 1 atom stereocenters. The Morgan fingerprint density at radius 3 is 2.88 bits per heavy atom. The summed E-state index contributed by atoms with van der Waals surface area (Å²) in [4.78, 5) is 2.38. The molecule has 1 N–H and O–H groups in total. The van der Waals surface area contributed by atoms with E-state index in [9.17, 15) is 0 Å². The topological polar surface area (TPSA) is 24.5 Å². The number of hydrogen-bond acceptors (Lipinski definition) is 3. The highest BCUT2D eigenvalue weighted by molar-refractivity contribution is 5.39. The fraction of sp³-hybridized carbons (Fsp3) is 0.571. The summed E-state index contributed by atoms with van der Waals surface area (Å²) in [6.07, 6.45) is 1.20. The van der Waals surface area contributed by atoms with Crippen molar-refractivity contribution in [2.75, 3.05) is 33.8 Å². The standard InChI is InChI=1S/C14H22N2O/c1-14(11-16(2)10-6-9-15-14)12-7-4-5-8-13(12)17-3/h4-5,7-8,15H,6,9-11H2,1-3H3. The van der Waals surface area contributed by atoms with Gasteiger partial charge >= 0.3 is 0 Å². The Hall–Kier alpha value is -1.06. The number of ether oxygens (including phenoxy) is 1. The van der Waals surface area contributed by atoms with Crippen LogP contribution in [0.5, 0.6) is 5.75 Å². The van der Waals surface area contributed by atoms with Gasteiger partial charge in [-0.25, -0.2) is 0 Å². The highest BCUT2D eigenvalue weighted by Crippen LogP contribution is 2.31. The Labute approximate surface area is 104 Å². The fourth-order valence-corrected chi connectivity index (χ4v) is 2.67. The molecule has 0 saturated carbocycles. The number of methoxy groups -OCH3 is 1. The van der Waals surface area contributed by atoms with Crippen LogP contribution in [0.15, 0.2) is 24.3 Å². The quantitative estimate of drug-likeness (QED) is 0.845. The van der Waals surface area contributed by atoms with Crippen LogP contribution in [-0.2, 0) is 5.54 Å². The van der Waals surface area contributed by atoms with Gasteiger partial charge in [-0.05, 0) is 39.5 Å². The van der Waals surface area contributed by atoms with Gasteiger partial charge < -0.3 is 15.0 Å². The van der Waals surface area contributed by atoms with Crippen LogP contribution in [-0.4, -0.2) is 38.7 Å². The number of likely N-dealkylation sites (N-methyl/N-ethyl adjacent to an activating group) is 1. The molecule has 1 aliphatic rings. The Morgan fingerprint density at radius 1 is 1.35 bits per heavy atom. The van der Waals surface area contributed by atoms with E-state index in [2.05, 4.69) is 36.3 Å². The van der Waals surface area contributed by atoms with Gasteiger partial charge in [-0.2, -0.15) is 0 Å². The van der Waals surface area contributed by atoms with Gasteiger partial charge in [0.05, 0.1) is 12.6 Å². The summed E-state index contributed by atoms with van der Waals surface area (Å²) in [5.41, 5.74) is 1.22. The summed E-state index contributed by atoms with van der Waals surface area (Å²) in [5.74, 6) is 0.970. The van der Waals surface area contributed by atoms with E-state index >= 15 is 0 Å². The minimum absolute atomic E-state index is 0.0299. The second kappa shape index (κ2) is 5.07. The average molecular weight is 234 g/mol. The SMILES string of the molecule is COc1ccccc1C1(C)CN(C)CCCN1. The zero-order chi connectivity index (χ0) is 12.3. The number of nitrogens with one attached hydrogen (secondary N) is 1. The average Bonchev–Trinajstić information content (AvgIpc) is 2.51. The van der Waals surface area contributed by atoms with Crippen molar-refractivity contribution >= 4 is 0 Å². The maximum atomic E-state index is 5.48. The third kappa shape index (κ3) is 2.61. The molecular formula is C14H22N2O. The van der Waals surface area contributed by atoms with E-state index in [1.165, 1.54) is 12.0 Å². The molecule has 1 saturated heterocycles. The molecule has 1 heterocycles. The number of benzene rings is 1. The van der Waals surface area contributed by atoms with Crippen LogP contribution in [0.1, 0.15) is 18.9 Å². The Bertz CT molecular complexity index is 380. The monoisotopic (exact) mass is 234 g/mol. The molecule has 0 radical (unpaired) electrons. The van der Waals surface area contributed by atoms with Crippen LogP contribution in [0.3, 0.4) is 0 Å². The van der Waals surface area contributed by atoms with Gasteiger partial charge in [0.15, 0.2) is 0 Å². The summed E-state index contributed by atoms with van der Waals surface area (Å²) in [5, 5.41) is 3.66. The van der Waals surface area contributed by atoms with Gasteiger partial charge in [0.25, 0.3) is 0 Å². The van der Waals surface area contributed by atoms with Crippen LogP contribution in [0.2, 0.25) is 0 Å². The van der Waals surface area contributed by atoms with Crippen molar-refractivity contribution in [3.05, 3.63) is 29.8 Å². The van der Waals surface area contributed by atoms with Gasteiger partial charge in [0.2, 0.25) is 0 Å². The third-order valence-corrected chi connectivity index (χ3v) is 3.52. The maximum Gasteiger partial charge on any atom is 0.123 e. The number of para-hydroxylation sites is 1. The Morgan fingerprint density at radius 2 is 2.12 bits per heavy atom. The van der Waals surface area contributed by atoms with E-state index in [0.29, 0.717) is 0 Å². The van der Waals surface area contributed by atoms with Crippen LogP contribution in [0, 0.1) is 0 Å². The van der Waals surface area contributed by atoms with E-state index in [-0.39, 0.29) is 5.54 Å². The van der Waals surface area contributed by atoms with Crippen molar-refractivity contribution in [2.24, 2.45) is 0 Å². The van der Waals surface area contributed by atoms with Crippen molar-refractivity contribution in [3.63, 3.8) is 0 Å². The van der Waals surface area contributed by atoms with Crippen LogP contribution in [0.25, 0.3) is 0 Å². The van der Waals surface area contributed by atoms with Crippen LogP contribution >= 0.6 is 0 Å². The number of nitrogens with zero attached hydrogens (tertiary/aromatic N) is 1. The Balaban J connectivity index is 2.34. The molecule has 1 unspecified atom stereocenters. The summed E-state index contributed by atoms with van der Waals surface area (Å²) in [6.45, 7) is 5.47. The molecule has 3 heteroatoms. The van der Waals surface area contributed by atoms with Gasteiger partial charge in [-0.15, -0.1) is 0 Å². The molecule has 2 rings (SSSR count). The first-order chi connectivity index (χ1) is 8.15. The molecule has 0 amide bonds. The predicted octanol–water partition coefficient (Wildman–Crippen LogP) is 1.84. The molecule has 94 valence electrons. The van der Waals surface area contributed by atoms with Crippen molar-refractivity contribution in [3.8, 4) is 5.75 Å². The first-order valence-corrected chi connectivity index (χ1v) is 6.23. The lowest BCUT2D eigenvalue weighted by atomic mass is 9.90. The lowest BCUT2D eigenvalue weighted by molar-refractivity contribution is 0.253. The summed E-state index contributed by atoms with van der Waals surface area (Å²) in [7, 11) is 3.92. The second-order valence-electron chi connectivity index (χ2n) is 5.05. The van der Waals surface area contributed by atoms with E-state index in [1.807, 2.05) is 12.1 Å². The zero-order valence-electron chi connectivity index (χ0n) is 11.0. The van der Waals surface area contributed by atoms with Gasteiger partial charge in [-0.1, -0.05) is 18.2 Å². The molecule has 0 aromatic heterocycles. The first-order valence-electron chi connectivity index (χ1n) is 6.23. The molecular weight excluding hydrogens is 212 g/mol. The third-order valence-electron chi connectivity index (χ3n) is 3.52. The molecule has 17 heavy (non-hydrogen) atoms. The van der Waals surface area contributed by atoms with E-state index in [1.54, 1.807) is 7.11 Å². The van der Waals surface area contributed by atoms with Gasteiger partial charge in [-0.3, -0.25) is 0 Å². The van der Waals surface area contributed by atoms with E-state index in [0.717, 1.165) is 25.4 Å². The lowest BCUT2D eigenvalue weighted by Gasteiger charge is -2.33. The molecule has 0 bridgehead atoms. The number of rotatable bonds is 2. The number of hydrogen-bond donors (Lipinski definition) is 1. The summed E-state index contributed by atoms with van der Waals surface area (Å²) in [6, 6.07) is 8.29. The fourth-order valence-electron chi connectivity index (χ4n) is 2.67. The maximum absolute atomic E-state index is 5.48. The normalized spacial score (nSPS) is 26.5. The first kappa shape index (κ1) is 12.4. The van der Waals surface area contributed by atoms with Crippen molar-refractivity contribution in [1.29, 1.82) is 0 Å². The van der Waals surface area contributed by atoms with Crippen LogP contribution in [0.4, 0.5) is 0 Å². The van der Waals surface area contributed by atoms with Crippen molar-refractivity contribution < 1.29 is 4.74 Å². The van der Waals surface area contributed by atoms with E-state index in [4.69, 9.17) is 4.74 Å².